The molecular formula is C36H42N2O9. The minimum absolute atomic E-state index is 0. The summed E-state index contributed by atoms with van der Waals surface area (Å²) in [6.07, 6.45) is 0.754. The predicted molar refractivity (Wildman–Crippen MR) is 177 cm³/mol. The topological polar surface area (TPSA) is 142 Å². The second-order valence-electron chi connectivity index (χ2n) is 10.6. The lowest BCUT2D eigenvalue weighted by atomic mass is 10.0. The number of epoxide rings is 1. The molecule has 1 saturated heterocycles. The maximum absolute atomic E-state index is 13.1. The zero-order valence-corrected chi connectivity index (χ0v) is 26.1. The highest BCUT2D eigenvalue weighted by molar-refractivity contribution is 5.97. The van der Waals surface area contributed by atoms with E-state index >= 15 is 0 Å². The maximum atomic E-state index is 13.1. The lowest BCUT2D eigenvalue weighted by Crippen LogP contribution is -2.48. The molecule has 0 bridgehead atoms. The second-order valence-corrected chi connectivity index (χ2v) is 10.6. The van der Waals surface area contributed by atoms with Gasteiger partial charge in [-0.3, -0.25) is 9.59 Å². The zero-order valence-electron chi connectivity index (χ0n) is 26.1. The molecule has 1 aliphatic heterocycles. The van der Waals surface area contributed by atoms with E-state index < -0.39 is 48.0 Å². The number of carbonyl (C=O) groups excluding carboxylic acids is 4. The summed E-state index contributed by atoms with van der Waals surface area (Å²) in [7, 11) is 1.54. The minimum Gasteiger partial charge on any atom is -0.497 e. The zero-order chi connectivity index (χ0) is 33.6. The third-order valence-corrected chi connectivity index (χ3v) is 7.11. The van der Waals surface area contributed by atoms with Gasteiger partial charge in [0.25, 0.3) is 11.8 Å². The molecule has 4 rings (SSSR count). The lowest BCUT2D eigenvalue weighted by molar-refractivity contribution is -0.147. The number of rotatable bonds is 18. The number of hydrogen-bond donors (Lipinski definition) is 2. The van der Waals surface area contributed by atoms with Crippen molar-refractivity contribution in [3.63, 3.8) is 0 Å². The molecule has 1 heterocycles. The monoisotopic (exact) mass is 646 g/mol. The van der Waals surface area contributed by atoms with Crippen molar-refractivity contribution >= 4 is 23.8 Å². The molecule has 0 saturated carbocycles. The molecule has 1 fully saturated rings. The van der Waals surface area contributed by atoms with E-state index in [2.05, 4.69) is 23.8 Å². The van der Waals surface area contributed by atoms with Crippen LogP contribution in [0.1, 0.15) is 19.5 Å². The SMILES string of the molecule is C=CCOC(=O)[C@H](Cc1ccc(OC)cc1)NC(=O)[C@H]1O[C@@H]1C(=O)N[C@@H](Cc1ccc(OCc2ccccc2)cc1)C(=O)OCC=C.[HH].[HH]. The Morgan fingerprint density at radius 3 is 1.64 bits per heavy atom. The maximum Gasteiger partial charge on any atom is 0.329 e. The van der Waals surface area contributed by atoms with Crippen LogP contribution < -0.4 is 20.1 Å². The number of ether oxygens (including phenoxy) is 5. The standard InChI is InChI=1S/C36H38N2O9.2H2/c1-4-19-44-35(41)29(21-24-11-15-27(43-3)16-12-24)37-33(39)31-32(47-31)34(40)38-30(36(42)45-20-5-2)22-25-13-17-28(18-14-25)46-23-26-9-7-6-8-10-26;;/h4-18,29-32H,1-2,19-23H2,3H3,(H,37,39)(H,38,40);2*1H/t29-,30-,31-,32-;;/m0../s1. The predicted octanol–water partition coefficient (Wildman–Crippen LogP) is 3.75. The van der Waals surface area contributed by atoms with Gasteiger partial charge < -0.3 is 34.3 Å². The molecule has 0 spiro atoms. The van der Waals surface area contributed by atoms with E-state index in [0.29, 0.717) is 18.1 Å². The van der Waals surface area contributed by atoms with Crippen LogP contribution in [0.2, 0.25) is 0 Å². The van der Waals surface area contributed by atoms with Crippen molar-refractivity contribution in [3.05, 3.63) is 121 Å². The largest absolute Gasteiger partial charge is 0.497 e. The summed E-state index contributed by atoms with van der Waals surface area (Å²) >= 11 is 0. The molecule has 0 aromatic heterocycles. The third kappa shape index (κ3) is 10.6. The van der Waals surface area contributed by atoms with Crippen molar-refractivity contribution in [2.24, 2.45) is 0 Å². The van der Waals surface area contributed by atoms with Crippen LogP contribution in [-0.4, -0.2) is 68.4 Å². The Labute approximate surface area is 276 Å². The highest BCUT2D eigenvalue weighted by Crippen LogP contribution is 2.24. The number of amides is 2. The summed E-state index contributed by atoms with van der Waals surface area (Å²) in [5, 5.41) is 5.26. The smallest absolute Gasteiger partial charge is 0.329 e. The van der Waals surface area contributed by atoms with Gasteiger partial charge in [0.05, 0.1) is 7.11 Å². The number of benzene rings is 3. The average molecular weight is 647 g/mol. The summed E-state index contributed by atoms with van der Waals surface area (Å²) in [5.41, 5.74) is 2.51. The Kier molecular flexibility index (Phi) is 12.7. The number of nitrogens with one attached hydrogen (secondary N) is 2. The van der Waals surface area contributed by atoms with Gasteiger partial charge in [-0.1, -0.05) is 79.9 Å². The first kappa shape index (κ1) is 34.5. The van der Waals surface area contributed by atoms with Crippen molar-refractivity contribution in [1.82, 2.24) is 10.6 Å². The molecule has 11 nitrogen and oxygen atoms in total. The first-order valence-corrected chi connectivity index (χ1v) is 15.0. The van der Waals surface area contributed by atoms with Crippen molar-refractivity contribution in [1.29, 1.82) is 0 Å². The molecule has 3 aromatic rings. The van der Waals surface area contributed by atoms with Crippen LogP contribution >= 0.6 is 0 Å². The van der Waals surface area contributed by atoms with E-state index in [1.54, 1.807) is 55.6 Å². The summed E-state index contributed by atoms with van der Waals surface area (Å²) in [6.45, 7) is 7.42. The molecule has 4 atom stereocenters. The van der Waals surface area contributed by atoms with E-state index in [1.807, 2.05) is 30.3 Å². The molecule has 3 aromatic carbocycles. The van der Waals surface area contributed by atoms with Gasteiger partial charge in [0.2, 0.25) is 0 Å². The van der Waals surface area contributed by atoms with Crippen LogP contribution in [0, 0.1) is 0 Å². The fourth-order valence-corrected chi connectivity index (χ4v) is 4.58. The molecule has 1 aliphatic rings. The number of carbonyl (C=O) groups is 4. The van der Waals surface area contributed by atoms with Gasteiger partial charge in [0.1, 0.15) is 43.4 Å². The molecule has 0 unspecified atom stereocenters. The summed E-state index contributed by atoms with van der Waals surface area (Å²) in [5.74, 6) is -1.40. The Hall–Kier alpha value is -5.42. The van der Waals surface area contributed by atoms with Crippen LogP contribution in [-0.2, 0) is 52.8 Å². The molecule has 0 aliphatic carbocycles. The highest BCUT2D eigenvalue weighted by Gasteiger charge is 2.51. The quantitative estimate of drug-likeness (QED) is 0.120. The highest BCUT2D eigenvalue weighted by atomic mass is 16.6. The van der Waals surface area contributed by atoms with Crippen LogP contribution in [0.4, 0.5) is 0 Å². The van der Waals surface area contributed by atoms with Crippen molar-refractivity contribution in [2.75, 3.05) is 20.3 Å². The Balaban J connectivity index is 0.00000417. The second kappa shape index (κ2) is 17.3. The van der Waals surface area contributed by atoms with E-state index in [4.69, 9.17) is 23.7 Å². The molecule has 250 valence electrons. The third-order valence-electron chi connectivity index (χ3n) is 7.11. The summed E-state index contributed by atoms with van der Waals surface area (Å²) in [4.78, 5) is 51.7. The Morgan fingerprint density at radius 2 is 1.19 bits per heavy atom. The minimum atomic E-state index is -1.16. The van der Waals surface area contributed by atoms with Crippen LogP contribution in [0.5, 0.6) is 11.5 Å². The van der Waals surface area contributed by atoms with E-state index in [0.717, 1.165) is 16.7 Å². The van der Waals surface area contributed by atoms with Gasteiger partial charge in [-0.25, -0.2) is 9.59 Å². The average Bonchev–Trinajstić information content (AvgIpc) is 3.91. The number of hydrogen-bond acceptors (Lipinski definition) is 9. The van der Waals surface area contributed by atoms with Crippen molar-refractivity contribution in [3.8, 4) is 11.5 Å². The van der Waals surface area contributed by atoms with Gasteiger partial charge in [-0.2, -0.15) is 0 Å². The van der Waals surface area contributed by atoms with E-state index in [-0.39, 0.29) is 28.9 Å². The van der Waals surface area contributed by atoms with Gasteiger partial charge in [-0.05, 0) is 41.0 Å². The molecular weight excluding hydrogens is 604 g/mol. The normalized spacial score (nSPS) is 16.0. The summed E-state index contributed by atoms with van der Waals surface area (Å²) in [6, 6.07) is 21.7. The van der Waals surface area contributed by atoms with Crippen LogP contribution in [0.25, 0.3) is 0 Å². The molecule has 2 N–H and O–H groups in total. The lowest BCUT2D eigenvalue weighted by Gasteiger charge is -2.18. The number of methoxy groups -OCH3 is 1. The van der Waals surface area contributed by atoms with Gasteiger partial charge in [0, 0.05) is 15.7 Å². The van der Waals surface area contributed by atoms with E-state index in [9.17, 15) is 19.2 Å². The Morgan fingerprint density at radius 1 is 0.723 bits per heavy atom. The van der Waals surface area contributed by atoms with Gasteiger partial charge in [0.15, 0.2) is 12.2 Å². The fraction of sp³-hybridized carbons (Fsp3) is 0.278. The molecule has 0 radical (unpaired) electrons. The molecule has 47 heavy (non-hydrogen) atoms. The Bertz CT molecular complexity index is 1540. The number of esters is 2. The molecule has 2 amide bonds. The van der Waals surface area contributed by atoms with Crippen molar-refractivity contribution in [2.45, 2.75) is 43.7 Å². The first-order valence-electron chi connectivity index (χ1n) is 15.0. The first-order chi connectivity index (χ1) is 22.8. The van der Waals surface area contributed by atoms with Crippen LogP contribution in [0.15, 0.2) is 104 Å². The van der Waals surface area contributed by atoms with Crippen molar-refractivity contribution < 1.29 is 45.7 Å². The fourth-order valence-electron chi connectivity index (χ4n) is 4.58. The van der Waals surface area contributed by atoms with E-state index in [1.165, 1.54) is 12.2 Å². The van der Waals surface area contributed by atoms with Gasteiger partial charge >= 0.3 is 11.9 Å². The molecule has 11 heteroatoms. The van der Waals surface area contributed by atoms with Gasteiger partial charge in [-0.15, -0.1) is 0 Å². The summed E-state index contributed by atoms with van der Waals surface area (Å²) < 4.78 is 26.8. The van der Waals surface area contributed by atoms with Crippen LogP contribution in [0.3, 0.4) is 0 Å².